The van der Waals surface area contributed by atoms with Crippen LogP contribution in [-0.2, 0) is 9.59 Å². The third-order valence-corrected chi connectivity index (χ3v) is 6.50. The number of carbonyl (C=O) groups is 2. The van der Waals surface area contributed by atoms with Crippen molar-refractivity contribution in [2.75, 3.05) is 13.7 Å². The fraction of sp³-hybridized carbons (Fsp3) is 0.407. The number of benzene rings is 2. The molecular weight excluding hydrogens is 402 g/mol. The molecule has 5 nitrogen and oxygen atoms in total. The number of hydrogen-bond donors (Lipinski definition) is 1. The zero-order valence-electron chi connectivity index (χ0n) is 19.2. The summed E-state index contributed by atoms with van der Waals surface area (Å²) in [4.78, 5) is 25.9. The van der Waals surface area contributed by atoms with Gasteiger partial charge in [-0.15, -0.1) is 0 Å². The lowest BCUT2D eigenvalue weighted by Crippen LogP contribution is -2.38. The molecule has 1 aliphatic carbocycles. The van der Waals surface area contributed by atoms with E-state index in [0.29, 0.717) is 43.3 Å². The maximum atomic E-state index is 13.3. The summed E-state index contributed by atoms with van der Waals surface area (Å²) in [7, 11) is 1.62. The quantitative estimate of drug-likeness (QED) is 0.678. The second-order valence-electron chi connectivity index (χ2n) is 8.89. The third kappa shape index (κ3) is 4.29. The van der Waals surface area contributed by atoms with E-state index in [1.165, 1.54) is 5.56 Å². The van der Waals surface area contributed by atoms with E-state index in [4.69, 9.17) is 9.47 Å². The van der Waals surface area contributed by atoms with Crippen molar-refractivity contribution < 1.29 is 19.1 Å². The van der Waals surface area contributed by atoms with Crippen molar-refractivity contribution in [1.29, 1.82) is 0 Å². The fourth-order valence-electron chi connectivity index (χ4n) is 4.81. The summed E-state index contributed by atoms with van der Waals surface area (Å²) in [6.07, 6.45) is 1.37. The Hall–Kier alpha value is -3.08. The van der Waals surface area contributed by atoms with Gasteiger partial charge < -0.3 is 14.8 Å². The van der Waals surface area contributed by atoms with Crippen molar-refractivity contribution in [3.05, 3.63) is 70.4 Å². The molecule has 1 aliphatic heterocycles. The van der Waals surface area contributed by atoms with Crippen LogP contribution in [0.3, 0.4) is 0 Å². The summed E-state index contributed by atoms with van der Waals surface area (Å²) in [5.41, 5.74) is 4.85. The molecule has 2 aliphatic rings. The zero-order valence-corrected chi connectivity index (χ0v) is 19.2. The monoisotopic (exact) mass is 433 g/mol. The molecule has 168 valence electrons. The lowest BCUT2D eigenvalue weighted by Gasteiger charge is -2.34. The second-order valence-corrected chi connectivity index (χ2v) is 8.89. The predicted octanol–water partition coefficient (Wildman–Crippen LogP) is 5.22. The number of ether oxygens (including phenoxy) is 2. The first kappa shape index (κ1) is 22.1. The Kier molecular flexibility index (Phi) is 6.35. The molecule has 5 heteroatoms. The van der Waals surface area contributed by atoms with Crippen LogP contribution in [0, 0.1) is 0 Å². The number of allylic oxidation sites excluding steroid dienone is 2. The van der Waals surface area contributed by atoms with Gasteiger partial charge in [0.2, 0.25) is 5.91 Å². The summed E-state index contributed by atoms with van der Waals surface area (Å²) < 4.78 is 11.1. The molecule has 1 heterocycles. The van der Waals surface area contributed by atoms with Crippen LogP contribution in [0.15, 0.2) is 53.7 Å². The molecule has 0 fully saturated rings. The van der Waals surface area contributed by atoms with E-state index in [1.54, 1.807) is 7.11 Å². The van der Waals surface area contributed by atoms with Crippen LogP contribution in [-0.4, -0.2) is 25.4 Å². The molecule has 2 atom stereocenters. The second kappa shape index (κ2) is 9.19. The van der Waals surface area contributed by atoms with Gasteiger partial charge in [0.25, 0.3) is 0 Å². The summed E-state index contributed by atoms with van der Waals surface area (Å²) in [6, 6.07) is 14.2. The highest BCUT2D eigenvalue weighted by Gasteiger charge is 2.38. The van der Waals surface area contributed by atoms with Crippen molar-refractivity contribution >= 4 is 11.7 Å². The normalized spacial score (nSPS) is 20.8. The van der Waals surface area contributed by atoms with E-state index >= 15 is 0 Å². The summed E-state index contributed by atoms with van der Waals surface area (Å²) in [6.45, 7) is 6.80. The van der Waals surface area contributed by atoms with E-state index in [-0.39, 0.29) is 23.5 Å². The van der Waals surface area contributed by atoms with Gasteiger partial charge in [0.05, 0.1) is 13.7 Å². The number of nitrogens with one attached hydrogen (secondary N) is 1. The van der Waals surface area contributed by atoms with Crippen molar-refractivity contribution in [1.82, 2.24) is 5.32 Å². The minimum atomic E-state index is -0.178. The third-order valence-electron chi connectivity index (χ3n) is 6.50. The summed E-state index contributed by atoms with van der Waals surface area (Å²) >= 11 is 0. The Morgan fingerprint density at radius 2 is 1.69 bits per heavy atom. The predicted molar refractivity (Wildman–Crippen MR) is 124 cm³/mol. The number of carbonyl (C=O) groups excluding carboxylic acids is 2. The highest BCUT2D eigenvalue weighted by molar-refractivity contribution is 6.02. The Balaban J connectivity index is 1.65. The van der Waals surface area contributed by atoms with E-state index in [1.807, 2.05) is 25.1 Å². The molecule has 1 N–H and O–H groups in total. The number of ketones is 1. The van der Waals surface area contributed by atoms with Gasteiger partial charge in [0.1, 0.15) is 0 Å². The highest BCUT2D eigenvalue weighted by atomic mass is 16.5. The number of amides is 1. The summed E-state index contributed by atoms with van der Waals surface area (Å²) in [5, 5.41) is 3.00. The van der Waals surface area contributed by atoms with Crippen LogP contribution < -0.4 is 14.8 Å². The molecule has 1 amide bonds. The van der Waals surface area contributed by atoms with Gasteiger partial charge in [0.15, 0.2) is 17.3 Å². The lowest BCUT2D eigenvalue weighted by molar-refractivity contribution is -0.122. The first-order valence-corrected chi connectivity index (χ1v) is 11.4. The van der Waals surface area contributed by atoms with Gasteiger partial charge in [-0.25, -0.2) is 0 Å². The standard InChI is InChI=1S/C27H31NO4/c1-5-32-24-11-10-19(14-25(24)31-4)20-12-22-27(23(29)13-20)21(15-26(30)28-22)18-8-6-17(7-9-18)16(2)3/h6-11,14,16,20-21H,5,12-13,15H2,1-4H3,(H,28,30)/t20-,21-/m1/s1. The zero-order chi connectivity index (χ0) is 22.8. The highest BCUT2D eigenvalue weighted by Crippen LogP contribution is 2.44. The first-order chi connectivity index (χ1) is 15.4. The Morgan fingerprint density at radius 3 is 2.34 bits per heavy atom. The van der Waals surface area contributed by atoms with Crippen LogP contribution in [0.1, 0.15) is 74.5 Å². The topological polar surface area (TPSA) is 64.6 Å². The molecule has 32 heavy (non-hydrogen) atoms. The van der Waals surface area contributed by atoms with E-state index in [0.717, 1.165) is 22.4 Å². The van der Waals surface area contributed by atoms with Crippen LogP contribution in [0.25, 0.3) is 0 Å². The van der Waals surface area contributed by atoms with Gasteiger partial charge in [-0.05, 0) is 54.0 Å². The molecule has 0 unspecified atom stereocenters. The maximum absolute atomic E-state index is 13.3. The summed E-state index contributed by atoms with van der Waals surface area (Å²) in [5.74, 6) is 1.69. The molecule has 2 aromatic rings. The minimum absolute atomic E-state index is 0.00630. The number of Topliss-reactive ketones (excluding diaryl/α,β-unsaturated/α-hetero) is 1. The van der Waals surface area contributed by atoms with Crippen molar-refractivity contribution in [3.63, 3.8) is 0 Å². The molecular formula is C27H31NO4. The molecule has 0 saturated heterocycles. The largest absolute Gasteiger partial charge is 0.493 e. The first-order valence-electron chi connectivity index (χ1n) is 11.4. The Labute approximate surface area is 189 Å². The van der Waals surface area contributed by atoms with Gasteiger partial charge in [-0.2, -0.15) is 0 Å². The Morgan fingerprint density at radius 1 is 0.969 bits per heavy atom. The van der Waals surface area contributed by atoms with Crippen molar-refractivity contribution in [2.24, 2.45) is 0 Å². The maximum Gasteiger partial charge on any atom is 0.225 e. The molecule has 0 aromatic heterocycles. The van der Waals surface area contributed by atoms with Crippen LogP contribution in [0.4, 0.5) is 0 Å². The average Bonchev–Trinajstić information content (AvgIpc) is 2.78. The molecule has 0 saturated carbocycles. The van der Waals surface area contributed by atoms with Crippen LogP contribution in [0.2, 0.25) is 0 Å². The number of methoxy groups -OCH3 is 1. The minimum Gasteiger partial charge on any atom is -0.493 e. The van der Waals surface area contributed by atoms with E-state index < -0.39 is 0 Å². The fourth-order valence-corrected chi connectivity index (χ4v) is 4.81. The molecule has 4 rings (SSSR count). The number of rotatable bonds is 6. The van der Waals surface area contributed by atoms with Gasteiger partial charge in [-0.3, -0.25) is 9.59 Å². The van der Waals surface area contributed by atoms with Gasteiger partial charge >= 0.3 is 0 Å². The van der Waals surface area contributed by atoms with Crippen LogP contribution in [0.5, 0.6) is 11.5 Å². The molecule has 0 spiro atoms. The average molecular weight is 434 g/mol. The Bertz CT molecular complexity index is 1050. The number of hydrogen-bond acceptors (Lipinski definition) is 4. The smallest absolute Gasteiger partial charge is 0.225 e. The SMILES string of the molecule is CCOc1ccc([C@H]2CC(=O)C3=C(C2)NC(=O)C[C@@H]3c2ccc(C(C)C)cc2)cc1OC. The molecule has 0 bridgehead atoms. The van der Waals surface area contributed by atoms with E-state index in [9.17, 15) is 9.59 Å². The molecule has 2 aromatic carbocycles. The molecule has 0 radical (unpaired) electrons. The van der Waals surface area contributed by atoms with E-state index in [2.05, 4.69) is 43.4 Å². The van der Waals surface area contributed by atoms with Crippen molar-refractivity contribution in [3.8, 4) is 11.5 Å². The lowest BCUT2D eigenvalue weighted by atomic mass is 9.73. The van der Waals surface area contributed by atoms with Crippen molar-refractivity contribution in [2.45, 2.75) is 57.8 Å². The van der Waals surface area contributed by atoms with Gasteiger partial charge in [0, 0.05) is 30.0 Å². The van der Waals surface area contributed by atoms with Gasteiger partial charge in [-0.1, -0.05) is 44.2 Å². The van der Waals surface area contributed by atoms with Crippen LogP contribution >= 0.6 is 0 Å².